The number of nitrogens with zero attached hydrogens (tertiary/aromatic N) is 5. The zero-order chi connectivity index (χ0) is 32.2. The molecule has 0 atom stereocenters. The number of piperidine rings is 1. The third kappa shape index (κ3) is 7.00. The van der Waals surface area contributed by atoms with E-state index in [-0.39, 0.29) is 37.0 Å². The van der Waals surface area contributed by atoms with E-state index in [1.807, 2.05) is 6.07 Å². The molecule has 5 rings (SSSR count). The van der Waals surface area contributed by atoms with Crippen LogP contribution in [0.2, 0.25) is 0 Å². The van der Waals surface area contributed by atoms with Crippen LogP contribution >= 0.6 is 0 Å². The second kappa shape index (κ2) is 13.2. The molecule has 14 heteroatoms. The average molecular weight is 620 g/mol. The number of hydrogen-bond acceptors (Lipinski definition) is 7. The summed E-state index contributed by atoms with van der Waals surface area (Å²) in [7, 11) is 1.78. The van der Waals surface area contributed by atoms with Crippen LogP contribution in [-0.2, 0) is 37.6 Å². The minimum Gasteiger partial charge on any atom is -0.480 e. The fraction of sp³-hybridized carbons (Fsp3) is 0.387. The lowest BCUT2D eigenvalue weighted by molar-refractivity contribution is -0.137. The van der Waals surface area contributed by atoms with E-state index in [1.54, 1.807) is 41.0 Å². The van der Waals surface area contributed by atoms with Gasteiger partial charge in [0.1, 0.15) is 24.7 Å². The van der Waals surface area contributed by atoms with E-state index < -0.39 is 36.7 Å². The van der Waals surface area contributed by atoms with E-state index in [0.29, 0.717) is 59.0 Å². The van der Waals surface area contributed by atoms with Crippen molar-refractivity contribution in [1.82, 2.24) is 35.1 Å². The van der Waals surface area contributed by atoms with Crippen molar-refractivity contribution in [2.45, 2.75) is 45.1 Å². The molecule has 0 aliphatic carbocycles. The molecule has 3 amide bonds. The highest BCUT2D eigenvalue weighted by Crippen LogP contribution is 2.39. The van der Waals surface area contributed by atoms with E-state index in [9.17, 15) is 24.0 Å². The van der Waals surface area contributed by atoms with Gasteiger partial charge in [0.25, 0.3) is 0 Å². The van der Waals surface area contributed by atoms with Gasteiger partial charge in [-0.1, -0.05) is 12.1 Å². The summed E-state index contributed by atoms with van der Waals surface area (Å²) in [6.07, 6.45) is 3.14. The molecule has 3 N–H and O–H groups in total. The Bertz CT molecular complexity index is 1800. The van der Waals surface area contributed by atoms with E-state index in [1.165, 1.54) is 17.7 Å². The molecule has 4 aromatic rings. The Kier molecular flexibility index (Phi) is 9.21. The molecule has 1 saturated heterocycles. The number of ketones is 1. The maximum Gasteiger partial charge on any atom is 0.322 e. The third-order valence-electron chi connectivity index (χ3n) is 8.03. The number of carbonyl (C=O) groups is 5. The first-order valence-corrected chi connectivity index (χ1v) is 14.6. The maximum absolute atomic E-state index is 15.6. The summed E-state index contributed by atoms with van der Waals surface area (Å²) in [5.74, 6) is -3.01. The molecule has 0 spiro atoms. The summed E-state index contributed by atoms with van der Waals surface area (Å²) in [4.78, 5) is 61.2. The van der Waals surface area contributed by atoms with Crippen LogP contribution in [0.4, 0.5) is 4.39 Å². The van der Waals surface area contributed by atoms with Crippen molar-refractivity contribution in [3.63, 3.8) is 0 Å². The summed E-state index contributed by atoms with van der Waals surface area (Å²) < 4.78 is 18.8. The largest absolute Gasteiger partial charge is 0.480 e. The van der Waals surface area contributed by atoms with Gasteiger partial charge in [-0.2, -0.15) is 10.2 Å². The first-order chi connectivity index (χ1) is 21.5. The van der Waals surface area contributed by atoms with Crippen LogP contribution in [0.3, 0.4) is 0 Å². The number of aryl methyl sites for hydroxylation is 1. The predicted octanol–water partition coefficient (Wildman–Crippen LogP) is 2.12. The number of benzene rings is 2. The van der Waals surface area contributed by atoms with Crippen LogP contribution in [-0.4, -0.2) is 85.2 Å². The van der Waals surface area contributed by atoms with Crippen molar-refractivity contribution >= 4 is 51.3 Å². The van der Waals surface area contributed by atoms with Crippen molar-refractivity contribution in [1.29, 1.82) is 0 Å². The number of Topliss-reactive ketones (excluding diaryl/α,β-unsaturated/α-hetero) is 1. The average Bonchev–Trinajstić information content (AvgIpc) is 3.56. The second-order valence-electron chi connectivity index (χ2n) is 11.2. The smallest absolute Gasteiger partial charge is 0.322 e. The third-order valence-corrected chi connectivity index (χ3v) is 8.03. The van der Waals surface area contributed by atoms with Crippen molar-refractivity contribution < 1.29 is 33.5 Å². The Balaban J connectivity index is 1.47. The van der Waals surface area contributed by atoms with Crippen molar-refractivity contribution in [2.24, 2.45) is 7.05 Å². The molecule has 13 nitrogen and oxygen atoms in total. The molecule has 2 aromatic heterocycles. The van der Waals surface area contributed by atoms with Gasteiger partial charge < -0.3 is 25.4 Å². The Labute approximate surface area is 257 Å². The van der Waals surface area contributed by atoms with Gasteiger partial charge in [-0.15, -0.1) is 0 Å². The quantitative estimate of drug-likeness (QED) is 0.229. The number of halogens is 1. The second-order valence-corrected chi connectivity index (χ2v) is 11.2. The molecule has 236 valence electrons. The van der Waals surface area contributed by atoms with Gasteiger partial charge in [-0.05, 0) is 43.5 Å². The number of amides is 3. The van der Waals surface area contributed by atoms with E-state index in [4.69, 9.17) is 10.2 Å². The molecule has 2 aromatic carbocycles. The molecule has 1 aliphatic heterocycles. The van der Waals surface area contributed by atoms with Gasteiger partial charge >= 0.3 is 5.97 Å². The number of carboxylic acid groups (broad SMARTS) is 1. The summed E-state index contributed by atoms with van der Waals surface area (Å²) in [6, 6.07) is 8.55. The molecule has 1 fully saturated rings. The minimum atomic E-state index is -1.20. The Morgan fingerprint density at radius 3 is 2.42 bits per heavy atom. The standard InChI is InChI=1S/C31H34FN7O6/c1-18(40)6-7-28(43)38-10-8-19(9-11-38)31-30-21(22-13-25-20(12-23(22)32)14-35-37(25)2)4-3-5-24(30)39(36-31)17-27(42)33-15-26(41)34-16-29(44)45/h3-5,12-14,19H,6-11,15-17H2,1-2H3,(H,33,42)(H,34,41)(H,44,45). The van der Waals surface area contributed by atoms with Crippen molar-refractivity contribution in [2.75, 3.05) is 26.2 Å². The topological polar surface area (TPSA) is 169 Å². The van der Waals surface area contributed by atoms with Crippen molar-refractivity contribution in [3.8, 4) is 11.1 Å². The number of carbonyl (C=O) groups excluding carboxylic acids is 4. The van der Waals surface area contributed by atoms with Crippen LogP contribution in [0.15, 0.2) is 36.5 Å². The molecule has 45 heavy (non-hydrogen) atoms. The number of likely N-dealkylation sites (tertiary alicyclic amines) is 1. The number of aromatic nitrogens is 4. The predicted molar refractivity (Wildman–Crippen MR) is 162 cm³/mol. The lowest BCUT2D eigenvalue weighted by Gasteiger charge is -2.31. The summed E-state index contributed by atoms with van der Waals surface area (Å²) >= 11 is 0. The highest BCUT2D eigenvalue weighted by atomic mass is 19.1. The van der Waals surface area contributed by atoms with Crippen LogP contribution in [0.5, 0.6) is 0 Å². The highest BCUT2D eigenvalue weighted by molar-refractivity contribution is 6.00. The highest BCUT2D eigenvalue weighted by Gasteiger charge is 2.29. The zero-order valence-electron chi connectivity index (χ0n) is 25.0. The van der Waals surface area contributed by atoms with Crippen molar-refractivity contribution in [3.05, 3.63) is 48.0 Å². The maximum atomic E-state index is 15.6. The fourth-order valence-corrected chi connectivity index (χ4v) is 5.72. The Hall–Kier alpha value is -5.14. The molecule has 3 heterocycles. The molecular formula is C31H34FN7O6. The first-order valence-electron chi connectivity index (χ1n) is 14.6. The minimum absolute atomic E-state index is 0.0377. The molecule has 0 radical (unpaired) electrons. The summed E-state index contributed by atoms with van der Waals surface area (Å²) in [5, 5.41) is 23.8. The van der Waals surface area contributed by atoms with Gasteiger partial charge in [0.2, 0.25) is 17.7 Å². The van der Waals surface area contributed by atoms with Gasteiger partial charge in [-0.3, -0.25) is 28.5 Å². The molecule has 0 unspecified atom stereocenters. The number of aliphatic carboxylic acids is 1. The van der Waals surface area contributed by atoms with Crippen LogP contribution < -0.4 is 10.6 Å². The Morgan fingerprint density at radius 1 is 0.978 bits per heavy atom. The summed E-state index contributed by atoms with van der Waals surface area (Å²) in [6.45, 7) is 1.19. The molecular weight excluding hydrogens is 585 g/mol. The first kappa shape index (κ1) is 31.3. The van der Waals surface area contributed by atoms with Crippen LogP contribution in [0.1, 0.15) is 44.2 Å². The van der Waals surface area contributed by atoms with E-state index in [0.717, 1.165) is 5.52 Å². The van der Waals surface area contributed by atoms with Crippen LogP contribution in [0.25, 0.3) is 32.9 Å². The number of fused-ring (bicyclic) bond motifs is 2. The summed E-state index contributed by atoms with van der Waals surface area (Å²) in [5.41, 5.74) is 2.97. The number of hydrogen-bond donors (Lipinski definition) is 3. The molecule has 0 bridgehead atoms. The lowest BCUT2D eigenvalue weighted by Crippen LogP contribution is -2.40. The normalized spacial score (nSPS) is 13.7. The number of nitrogens with one attached hydrogen (secondary N) is 2. The van der Waals surface area contributed by atoms with Gasteiger partial charge in [0.05, 0.1) is 29.5 Å². The zero-order valence-corrected chi connectivity index (χ0v) is 25.0. The lowest BCUT2D eigenvalue weighted by atomic mass is 9.88. The monoisotopic (exact) mass is 619 g/mol. The van der Waals surface area contributed by atoms with E-state index in [2.05, 4.69) is 15.7 Å². The molecule has 1 aliphatic rings. The van der Waals surface area contributed by atoms with Gasteiger partial charge in [0, 0.05) is 55.2 Å². The number of rotatable bonds is 11. The molecule has 0 saturated carbocycles. The van der Waals surface area contributed by atoms with Gasteiger partial charge in [-0.25, -0.2) is 4.39 Å². The number of carboxylic acids is 1. The van der Waals surface area contributed by atoms with Crippen LogP contribution in [0, 0.1) is 5.82 Å². The van der Waals surface area contributed by atoms with Gasteiger partial charge in [0.15, 0.2) is 0 Å². The fourth-order valence-electron chi connectivity index (χ4n) is 5.72. The Morgan fingerprint density at radius 2 is 1.71 bits per heavy atom. The SMILES string of the molecule is CC(=O)CCC(=O)N1CCC(c2nn(CC(=O)NCC(=O)NCC(=O)O)c3cccc(-c4cc5c(cnn5C)cc4F)c23)CC1. The van der Waals surface area contributed by atoms with E-state index >= 15 is 4.39 Å².